The number of rotatable bonds is 4. The summed E-state index contributed by atoms with van der Waals surface area (Å²) in [6, 6.07) is 11.3. The second-order valence-electron chi connectivity index (χ2n) is 7.84. The van der Waals surface area contributed by atoms with Crippen molar-refractivity contribution in [3.8, 4) is 0 Å². The third kappa shape index (κ3) is 2.70. The Morgan fingerprint density at radius 1 is 0.792 bits per heavy atom. The summed E-state index contributed by atoms with van der Waals surface area (Å²) in [5.74, 6) is 2.68. The van der Waals surface area contributed by atoms with Crippen LogP contribution in [0.3, 0.4) is 0 Å². The Morgan fingerprint density at radius 3 is 1.88 bits per heavy atom. The Hall–Kier alpha value is -1.57. The molecule has 0 atom stereocenters. The van der Waals surface area contributed by atoms with Crippen LogP contribution < -0.4 is 0 Å². The first kappa shape index (κ1) is 15.9. The van der Waals surface area contributed by atoms with Gasteiger partial charge in [0.05, 0.1) is 5.41 Å². The average Bonchev–Trinajstić information content (AvgIpc) is 3.20. The van der Waals surface area contributed by atoms with Crippen molar-refractivity contribution >= 4 is 0 Å². The average molecular weight is 322 g/mol. The van der Waals surface area contributed by atoms with Crippen molar-refractivity contribution in [2.24, 2.45) is 11.8 Å². The molecule has 2 fully saturated rings. The van der Waals surface area contributed by atoms with Gasteiger partial charge in [-0.3, -0.25) is 0 Å². The molecule has 2 aliphatic carbocycles. The first-order chi connectivity index (χ1) is 11.9. The summed E-state index contributed by atoms with van der Waals surface area (Å²) in [6.45, 7) is 0. The van der Waals surface area contributed by atoms with Crippen LogP contribution in [0, 0.1) is 11.8 Å². The van der Waals surface area contributed by atoms with Crippen LogP contribution in [0.25, 0.3) is 0 Å². The number of hydrogen-bond donors (Lipinski definition) is 1. The molecule has 0 amide bonds. The fourth-order valence-corrected chi connectivity index (χ4v) is 5.65. The second-order valence-corrected chi connectivity index (χ2v) is 7.84. The van der Waals surface area contributed by atoms with E-state index >= 15 is 0 Å². The summed E-state index contributed by atoms with van der Waals surface area (Å²) in [5.41, 5.74) is 1.59. The van der Waals surface area contributed by atoms with Crippen molar-refractivity contribution in [3.05, 3.63) is 54.1 Å². The molecule has 2 aromatic rings. The molecule has 1 heterocycles. The molecular formula is C22H30N2. The van der Waals surface area contributed by atoms with E-state index < -0.39 is 0 Å². The van der Waals surface area contributed by atoms with Gasteiger partial charge < -0.3 is 4.98 Å². The number of aromatic amines is 1. The lowest BCUT2D eigenvalue weighted by Crippen LogP contribution is -2.46. The van der Waals surface area contributed by atoms with Crippen molar-refractivity contribution in [2.75, 3.05) is 0 Å². The van der Waals surface area contributed by atoms with Crippen LogP contribution in [-0.4, -0.2) is 9.97 Å². The molecule has 128 valence electrons. The quantitative estimate of drug-likeness (QED) is 0.750. The van der Waals surface area contributed by atoms with Crippen molar-refractivity contribution in [1.29, 1.82) is 0 Å². The van der Waals surface area contributed by atoms with Crippen LogP contribution in [0.15, 0.2) is 42.7 Å². The van der Waals surface area contributed by atoms with E-state index in [2.05, 4.69) is 35.3 Å². The minimum Gasteiger partial charge on any atom is -0.348 e. The Bertz CT molecular complexity index is 587. The van der Waals surface area contributed by atoms with Crippen molar-refractivity contribution in [1.82, 2.24) is 9.97 Å². The van der Waals surface area contributed by atoms with Crippen LogP contribution in [0.4, 0.5) is 0 Å². The Labute approximate surface area is 146 Å². The number of nitrogens with zero attached hydrogens (tertiary/aromatic N) is 1. The van der Waals surface area contributed by atoms with Crippen LogP contribution in [0.2, 0.25) is 0 Å². The lowest BCUT2D eigenvalue weighted by Gasteiger charge is -2.48. The largest absolute Gasteiger partial charge is 0.348 e. The molecule has 2 nitrogen and oxygen atoms in total. The first-order valence-electron chi connectivity index (χ1n) is 9.97. The number of aromatic nitrogens is 2. The molecule has 0 aliphatic heterocycles. The summed E-state index contributed by atoms with van der Waals surface area (Å²) in [6.07, 6.45) is 17.7. The van der Waals surface area contributed by atoms with Gasteiger partial charge in [0.1, 0.15) is 5.82 Å². The van der Waals surface area contributed by atoms with Gasteiger partial charge in [0.15, 0.2) is 0 Å². The maximum absolute atomic E-state index is 4.86. The highest BCUT2D eigenvalue weighted by Gasteiger charge is 2.49. The Balaban J connectivity index is 1.87. The van der Waals surface area contributed by atoms with E-state index in [9.17, 15) is 0 Å². The number of nitrogens with one attached hydrogen (secondary N) is 1. The van der Waals surface area contributed by atoms with Gasteiger partial charge in [0.2, 0.25) is 0 Å². The minimum absolute atomic E-state index is 0.0889. The normalized spacial score (nSPS) is 21.0. The summed E-state index contributed by atoms with van der Waals surface area (Å²) in [4.78, 5) is 8.42. The molecule has 0 saturated heterocycles. The van der Waals surface area contributed by atoms with Crippen LogP contribution in [-0.2, 0) is 5.41 Å². The number of H-pyrrole nitrogens is 1. The zero-order chi connectivity index (χ0) is 16.2. The summed E-state index contributed by atoms with van der Waals surface area (Å²) in [7, 11) is 0. The van der Waals surface area contributed by atoms with Crippen LogP contribution in [0.1, 0.15) is 75.6 Å². The molecule has 2 saturated carbocycles. The molecule has 2 heteroatoms. The van der Waals surface area contributed by atoms with Gasteiger partial charge in [-0.25, -0.2) is 4.98 Å². The predicted octanol–water partition coefficient (Wildman–Crippen LogP) is 5.86. The fraction of sp³-hybridized carbons (Fsp3) is 0.591. The molecule has 0 unspecified atom stereocenters. The molecule has 1 N–H and O–H groups in total. The minimum atomic E-state index is 0.0889. The highest BCUT2D eigenvalue weighted by molar-refractivity contribution is 5.36. The van der Waals surface area contributed by atoms with Crippen molar-refractivity contribution in [3.63, 3.8) is 0 Å². The highest BCUT2D eigenvalue weighted by Crippen LogP contribution is 2.53. The van der Waals surface area contributed by atoms with Crippen molar-refractivity contribution < 1.29 is 0 Å². The van der Waals surface area contributed by atoms with Gasteiger partial charge in [0.25, 0.3) is 0 Å². The second kappa shape index (κ2) is 7.13. The van der Waals surface area contributed by atoms with Gasteiger partial charge in [-0.2, -0.15) is 0 Å². The van der Waals surface area contributed by atoms with Gasteiger partial charge in [-0.05, 0) is 43.1 Å². The van der Waals surface area contributed by atoms with E-state index in [0.717, 1.165) is 11.8 Å². The monoisotopic (exact) mass is 322 g/mol. The fourth-order valence-electron chi connectivity index (χ4n) is 5.65. The first-order valence-corrected chi connectivity index (χ1v) is 9.97. The molecule has 0 bridgehead atoms. The van der Waals surface area contributed by atoms with E-state index in [1.807, 2.05) is 12.4 Å². The zero-order valence-corrected chi connectivity index (χ0v) is 14.7. The Kier molecular flexibility index (Phi) is 4.73. The topological polar surface area (TPSA) is 28.7 Å². The molecule has 1 aromatic carbocycles. The van der Waals surface area contributed by atoms with E-state index in [0.29, 0.717) is 0 Å². The van der Waals surface area contributed by atoms with Crippen molar-refractivity contribution in [2.45, 2.75) is 69.6 Å². The lowest BCUT2D eigenvalue weighted by atomic mass is 9.55. The predicted molar refractivity (Wildman–Crippen MR) is 99.0 cm³/mol. The summed E-state index contributed by atoms with van der Waals surface area (Å²) in [5, 5.41) is 0. The number of benzene rings is 1. The molecule has 24 heavy (non-hydrogen) atoms. The maximum atomic E-state index is 4.86. The lowest BCUT2D eigenvalue weighted by molar-refractivity contribution is 0.126. The number of hydrogen-bond acceptors (Lipinski definition) is 1. The van der Waals surface area contributed by atoms with Gasteiger partial charge in [-0.1, -0.05) is 68.9 Å². The van der Waals surface area contributed by atoms with Gasteiger partial charge in [0, 0.05) is 12.4 Å². The van der Waals surface area contributed by atoms with Crippen LogP contribution in [0.5, 0.6) is 0 Å². The molecule has 2 aliphatic rings. The third-order valence-corrected chi connectivity index (χ3v) is 6.64. The zero-order valence-electron chi connectivity index (χ0n) is 14.7. The summed E-state index contributed by atoms with van der Waals surface area (Å²) < 4.78 is 0. The van der Waals surface area contributed by atoms with E-state index in [1.54, 1.807) is 0 Å². The smallest absolute Gasteiger partial charge is 0.117 e. The molecule has 0 radical (unpaired) electrons. The van der Waals surface area contributed by atoms with Gasteiger partial charge >= 0.3 is 0 Å². The van der Waals surface area contributed by atoms with Crippen LogP contribution >= 0.6 is 0 Å². The molecular weight excluding hydrogens is 292 g/mol. The summed E-state index contributed by atoms with van der Waals surface area (Å²) >= 11 is 0. The molecule has 1 aromatic heterocycles. The molecule has 0 spiro atoms. The van der Waals surface area contributed by atoms with E-state index in [1.165, 1.54) is 75.6 Å². The Morgan fingerprint density at radius 2 is 1.38 bits per heavy atom. The SMILES string of the molecule is c1ccc(C(c2ncc[nH]2)(C2CCCCC2)C2CCCCC2)cc1. The van der Waals surface area contributed by atoms with E-state index in [4.69, 9.17) is 4.98 Å². The third-order valence-electron chi connectivity index (χ3n) is 6.64. The maximum Gasteiger partial charge on any atom is 0.117 e. The standard InChI is InChI=1S/C22H30N2/c1-4-10-18(11-5-1)22(21-23-16-17-24-21,19-12-6-2-7-13-19)20-14-8-3-9-15-20/h1,4-5,10-11,16-17,19-20H,2-3,6-9,12-15H2,(H,23,24). The number of imidazole rings is 1. The van der Waals surface area contributed by atoms with E-state index in [-0.39, 0.29) is 5.41 Å². The van der Waals surface area contributed by atoms with Gasteiger partial charge in [-0.15, -0.1) is 0 Å². The highest BCUT2D eigenvalue weighted by atomic mass is 14.9. The molecule has 4 rings (SSSR count).